The molecule has 0 aliphatic rings. The van der Waals surface area contributed by atoms with Gasteiger partial charge in [-0.2, -0.15) is 0 Å². The highest BCUT2D eigenvalue weighted by Gasteiger charge is 2.13. The Kier molecular flexibility index (Phi) is 4.46. The molecule has 0 spiro atoms. The first kappa shape index (κ1) is 12.2. The average molecular weight is 224 g/mol. The van der Waals surface area contributed by atoms with Crippen molar-refractivity contribution in [2.24, 2.45) is 0 Å². The lowest BCUT2D eigenvalue weighted by Crippen LogP contribution is -2.08. The first-order valence-corrected chi connectivity index (χ1v) is 4.71. The molecule has 0 N–H and O–H groups in total. The van der Waals surface area contributed by atoms with E-state index in [4.69, 9.17) is 11.2 Å². The van der Waals surface area contributed by atoms with Gasteiger partial charge >= 0.3 is 5.97 Å². The maximum Gasteiger partial charge on any atom is 0.341 e. The number of unbranched alkanes of at least 4 members (excludes halogenated alkanes) is 1. The Labute approximate surface area is 92.2 Å². The highest BCUT2D eigenvalue weighted by Crippen LogP contribution is 2.10. The van der Waals surface area contributed by atoms with Crippen LogP contribution in [0.3, 0.4) is 0 Å². The van der Waals surface area contributed by atoms with Gasteiger partial charge in [0.2, 0.25) is 0 Å². The minimum Gasteiger partial charge on any atom is -0.462 e. The van der Waals surface area contributed by atoms with Crippen molar-refractivity contribution in [1.29, 1.82) is 0 Å². The summed E-state index contributed by atoms with van der Waals surface area (Å²) in [5.74, 6) is -0.0891. The molecule has 0 aromatic heterocycles. The van der Waals surface area contributed by atoms with Crippen LogP contribution >= 0.6 is 0 Å². The van der Waals surface area contributed by atoms with Gasteiger partial charge in [0, 0.05) is 12.5 Å². The molecule has 84 valence electrons. The fraction of sp³-hybridized carbons (Fsp3) is 0.250. The second-order valence-electron chi connectivity index (χ2n) is 3.07. The zero-order valence-corrected chi connectivity index (χ0v) is 8.50. The van der Waals surface area contributed by atoms with Gasteiger partial charge in [-0.05, 0) is 18.6 Å². The second-order valence-corrected chi connectivity index (χ2v) is 3.07. The number of esters is 1. The zero-order chi connectivity index (χ0) is 12.0. The van der Waals surface area contributed by atoms with E-state index in [1.54, 1.807) is 0 Å². The van der Waals surface area contributed by atoms with Gasteiger partial charge in [-0.1, -0.05) is 0 Å². The van der Waals surface area contributed by atoms with Gasteiger partial charge in [-0.25, -0.2) is 13.6 Å². The van der Waals surface area contributed by atoms with Crippen LogP contribution in [0.15, 0.2) is 18.2 Å². The van der Waals surface area contributed by atoms with E-state index in [1.165, 1.54) is 0 Å². The maximum absolute atomic E-state index is 13.1. The zero-order valence-electron chi connectivity index (χ0n) is 8.50. The van der Waals surface area contributed by atoms with Crippen LogP contribution in [-0.2, 0) is 4.74 Å². The SMILES string of the molecule is C#CCCCOC(=O)c1ccc(F)cc1F. The van der Waals surface area contributed by atoms with Gasteiger partial charge in [-0.15, -0.1) is 12.3 Å². The van der Waals surface area contributed by atoms with Crippen LogP contribution < -0.4 is 0 Å². The van der Waals surface area contributed by atoms with E-state index in [2.05, 4.69) is 5.92 Å². The number of rotatable bonds is 4. The number of halogens is 2. The lowest BCUT2D eigenvalue weighted by Gasteiger charge is -2.04. The van der Waals surface area contributed by atoms with Crippen molar-refractivity contribution in [3.8, 4) is 12.3 Å². The van der Waals surface area contributed by atoms with Crippen molar-refractivity contribution in [3.05, 3.63) is 35.4 Å². The molecule has 0 bridgehead atoms. The fourth-order valence-corrected chi connectivity index (χ4v) is 1.07. The normalized spacial score (nSPS) is 9.56. The third kappa shape index (κ3) is 3.35. The van der Waals surface area contributed by atoms with Gasteiger partial charge in [0.25, 0.3) is 0 Å². The van der Waals surface area contributed by atoms with Crippen molar-refractivity contribution in [2.45, 2.75) is 12.8 Å². The molecule has 0 aliphatic carbocycles. The van der Waals surface area contributed by atoms with Crippen molar-refractivity contribution in [2.75, 3.05) is 6.61 Å². The molecular formula is C12H10F2O2. The fourth-order valence-electron chi connectivity index (χ4n) is 1.07. The van der Waals surface area contributed by atoms with Crippen LogP contribution in [-0.4, -0.2) is 12.6 Å². The van der Waals surface area contributed by atoms with Crippen LogP contribution in [0.1, 0.15) is 23.2 Å². The average Bonchev–Trinajstić information content (AvgIpc) is 2.24. The van der Waals surface area contributed by atoms with Crippen molar-refractivity contribution in [1.82, 2.24) is 0 Å². The second kappa shape index (κ2) is 5.86. The predicted octanol–water partition coefficient (Wildman–Crippen LogP) is 2.54. The Bertz CT molecular complexity index is 422. The minimum absolute atomic E-state index is 0.125. The number of hydrogen-bond donors (Lipinski definition) is 0. The van der Waals surface area contributed by atoms with E-state index in [0.29, 0.717) is 18.9 Å². The number of carbonyl (C=O) groups excluding carboxylic acids is 1. The van der Waals surface area contributed by atoms with Crippen LogP contribution in [0, 0.1) is 24.0 Å². The highest BCUT2D eigenvalue weighted by atomic mass is 19.1. The molecule has 0 saturated heterocycles. The van der Waals surface area contributed by atoms with Crippen molar-refractivity contribution < 1.29 is 18.3 Å². The number of carbonyl (C=O) groups is 1. The third-order valence-corrected chi connectivity index (χ3v) is 1.85. The molecule has 0 atom stereocenters. The topological polar surface area (TPSA) is 26.3 Å². The summed E-state index contributed by atoms with van der Waals surface area (Å²) in [4.78, 5) is 11.3. The Balaban J connectivity index is 2.57. The smallest absolute Gasteiger partial charge is 0.341 e. The van der Waals surface area contributed by atoms with E-state index in [0.717, 1.165) is 12.1 Å². The maximum atomic E-state index is 13.1. The monoisotopic (exact) mass is 224 g/mol. The highest BCUT2D eigenvalue weighted by molar-refractivity contribution is 5.89. The molecule has 16 heavy (non-hydrogen) atoms. The summed E-state index contributed by atoms with van der Waals surface area (Å²) < 4.78 is 30.4. The number of ether oxygens (including phenoxy) is 1. The molecule has 4 heteroatoms. The van der Waals surface area contributed by atoms with E-state index < -0.39 is 17.6 Å². The van der Waals surface area contributed by atoms with Crippen LogP contribution in [0.25, 0.3) is 0 Å². The molecular weight excluding hydrogens is 214 g/mol. The third-order valence-electron chi connectivity index (χ3n) is 1.85. The first-order valence-electron chi connectivity index (χ1n) is 4.71. The molecule has 2 nitrogen and oxygen atoms in total. The van der Waals surface area contributed by atoms with Crippen LogP contribution in [0.4, 0.5) is 8.78 Å². The minimum atomic E-state index is -0.929. The van der Waals surface area contributed by atoms with Gasteiger partial charge in [0.05, 0.1) is 12.2 Å². The molecule has 0 radical (unpaired) electrons. The molecule has 1 aromatic carbocycles. The summed E-state index contributed by atoms with van der Waals surface area (Å²) in [5, 5.41) is 0. The Morgan fingerprint density at radius 3 is 2.81 bits per heavy atom. The van der Waals surface area contributed by atoms with Crippen LogP contribution in [0.5, 0.6) is 0 Å². The number of hydrogen-bond acceptors (Lipinski definition) is 2. The standard InChI is InChI=1S/C12H10F2O2/c1-2-3-4-7-16-12(15)10-6-5-9(13)8-11(10)14/h1,5-6,8H,3-4,7H2. The van der Waals surface area contributed by atoms with Crippen LogP contribution in [0.2, 0.25) is 0 Å². The quantitative estimate of drug-likeness (QED) is 0.446. The van der Waals surface area contributed by atoms with Gasteiger partial charge in [0.1, 0.15) is 11.6 Å². The Hall–Kier alpha value is -1.89. The van der Waals surface area contributed by atoms with E-state index in [1.807, 2.05) is 0 Å². The molecule has 0 amide bonds. The van der Waals surface area contributed by atoms with E-state index in [-0.39, 0.29) is 12.2 Å². The molecule has 0 heterocycles. The number of benzene rings is 1. The summed E-state index contributed by atoms with van der Waals surface area (Å²) in [6.07, 6.45) is 6.01. The van der Waals surface area contributed by atoms with E-state index in [9.17, 15) is 13.6 Å². The number of terminal acetylenes is 1. The summed E-state index contributed by atoms with van der Waals surface area (Å²) >= 11 is 0. The summed E-state index contributed by atoms with van der Waals surface area (Å²) in [5.41, 5.74) is -0.276. The lowest BCUT2D eigenvalue weighted by molar-refractivity contribution is 0.0496. The molecule has 0 saturated carbocycles. The Morgan fingerprint density at radius 1 is 1.44 bits per heavy atom. The summed E-state index contributed by atoms with van der Waals surface area (Å²) in [6.45, 7) is 0.125. The molecule has 0 unspecified atom stereocenters. The van der Waals surface area contributed by atoms with Gasteiger partial charge < -0.3 is 4.74 Å². The largest absolute Gasteiger partial charge is 0.462 e. The summed E-state index contributed by atoms with van der Waals surface area (Å²) in [6, 6.07) is 2.69. The van der Waals surface area contributed by atoms with Gasteiger partial charge in [0.15, 0.2) is 0 Å². The first-order chi connectivity index (χ1) is 7.65. The predicted molar refractivity (Wildman–Crippen MR) is 54.7 cm³/mol. The molecule has 1 aromatic rings. The molecule has 1 rings (SSSR count). The molecule has 0 aliphatic heterocycles. The van der Waals surface area contributed by atoms with Crippen molar-refractivity contribution >= 4 is 5.97 Å². The van der Waals surface area contributed by atoms with Gasteiger partial charge in [-0.3, -0.25) is 0 Å². The Morgan fingerprint density at radius 2 is 2.19 bits per heavy atom. The van der Waals surface area contributed by atoms with Crippen molar-refractivity contribution in [3.63, 3.8) is 0 Å². The summed E-state index contributed by atoms with van der Waals surface area (Å²) in [7, 11) is 0. The molecule has 0 fully saturated rings. The van der Waals surface area contributed by atoms with E-state index >= 15 is 0 Å². The lowest BCUT2D eigenvalue weighted by atomic mass is 10.2.